The number of rotatable bonds is 6. The second kappa shape index (κ2) is 7.28. The second-order valence-corrected chi connectivity index (χ2v) is 5.73. The smallest absolute Gasteiger partial charge is 0.269 e. The lowest BCUT2D eigenvalue weighted by Crippen LogP contribution is -2.35. The molecule has 0 saturated carbocycles. The van der Waals surface area contributed by atoms with Gasteiger partial charge in [-0.1, -0.05) is 18.2 Å². The van der Waals surface area contributed by atoms with Crippen molar-refractivity contribution >= 4 is 5.91 Å². The highest BCUT2D eigenvalue weighted by Crippen LogP contribution is 2.27. The number of hydrogen-bond acceptors (Lipinski definition) is 4. The zero-order chi connectivity index (χ0) is 17.0. The number of nitrogens with zero attached hydrogens (tertiary/aromatic N) is 3. The number of carbonyl (C=O) groups excluding carboxylic acids is 1. The van der Waals surface area contributed by atoms with Gasteiger partial charge in [0.1, 0.15) is 11.4 Å². The van der Waals surface area contributed by atoms with Crippen LogP contribution in [-0.4, -0.2) is 48.3 Å². The lowest BCUT2D eigenvalue weighted by molar-refractivity contribution is 0.0932. The van der Waals surface area contributed by atoms with E-state index in [1.165, 1.54) is 0 Å². The molecule has 2 aromatic rings. The largest absolute Gasteiger partial charge is 0.496 e. The molecule has 6 nitrogen and oxygen atoms in total. The molecule has 0 radical (unpaired) electrons. The SMILES string of the molecule is COc1ccccc1C(CNC(=O)c1cc(C)nn1C)N(C)C. The van der Waals surface area contributed by atoms with E-state index in [-0.39, 0.29) is 11.9 Å². The molecule has 1 aromatic heterocycles. The minimum Gasteiger partial charge on any atom is -0.496 e. The van der Waals surface area contributed by atoms with Gasteiger partial charge in [0.2, 0.25) is 0 Å². The van der Waals surface area contributed by atoms with Gasteiger partial charge in [0.05, 0.1) is 18.8 Å². The third-order valence-corrected chi connectivity index (χ3v) is 3.81. The molecule has 1 N–H and O–H groups in total. The topological polar surface area (TPSA) is 59.4 Å². The summed E-state index contributed by atoms with van der Waals surface area (Å²) in [6.45, 7) is 2.35. The van der Waals surface area contributed by atoms with E-state index in [9.17, 15) is 4.79 Å². The number of amides is 1. The fourth-order valence-corrected chi connectivity index (χ4v) is 2.62. The van der Waals surface area contributed by atoms with Gasteiger partial charge < -0.3 is 15.0 Å². The van der Waals surface area contributed by atoms with Gasteiger partial charge in [-0.05, 0) is 33.2 Å². The average molecular weight is 316 g/mol. The molecular formula is C17H24N4O2. The van der Waals surface area contributed by atoms with Crippen LogP contribution >= 0.6 is 0 Å². The van der Waals surface area contributed by atoms with Crippen molar-refractivity contribution in [3.8, 4) is 5.75 Å². The lowest BCUT2D eigenvalue weighted by atomic mass is 10.0. The first kappa shape index (κ1) is 17.0. The molecule has 0 fully saturated rings. The second-order valence-electron chi connectivity index (χ2n) is 5.73. The monoisotopic (exact) mass is 316 g/mol. The van der Waals surface area contributed by atoms with Gasteiger partial charge in [-0.3, -0.25) is 9.48 Å². The molecule has 1 heterocycles. The first-order chi connectivity index (χ1) is 10.9. The number of ether oxygens (including phenoxy) is 1. The van der Waals surface area contributed by atoms with Gasteiger partial charge in [-0.15, -0.1) is 0 Å². The average Bonchev–Trinajstić information content (AvgIpc) is 2.86. The minimum absolute atomic E-state index is 0.0180. The van der Waals surface area contributed by atoms with E-state index in [0.717, 1.165) is 17.0 Å². The van der Waals surface area contributed by atoms with Crippen molar-refractivity contribution in [3.63, 3.8) is 0 Å². The molecule has 1 atom stereocenters. The number of benzene rings is 1. The molecule has 1 unspecified atom stereocenters. The molecule has 23 heavy (non-hydrogen) atoms. The summed E-state index contributed by atoms with van der Waals surface area (Å²) in [5, 5.41) is 7.19. The highest BCUT2D eigenvalue weighted by atomic mass is 16.5. The number of carbonyl (C=O) groups is 1. The Kier molecular flexibility index (Phi) is 5.39. The van der Waals surface area contributed by atoms with Crippen molar-refractivity contribution in [3.05, 3.63) is 47.3 Å². The standard InChI is InChI=1S/C17H24N4O2/c1-12-10-14(21(4)19-12)17(22)18-11-15(20(2)3)13-8-6-7-9-16(13)23-5/h6-10,15H,11H2,1-5H3,(H,18,22). The molecule has 0 spiro atoms. The van der Waals surface area contributed by atoms with E-state index >= 15 is 0 Å². The van der Waals surface area contributed by atoms with Gasteiger partial charge in [0.25, 0.3) is 5.91 Å². The van der Waals surface area contributed by atoms with Crippen LogP contribution in [0.5, 0.6) is 5.75 Å². The van der Waals surface area contributed by atoms with Crippen LogP contribution in [0.25, 0.3) is 0 Å². The van der Waals surface area contributed by atoms with E-state index in [1.807, 2.05) is 45.3 Å². The maximum atomic E-state index is 12.4. The van der Waals surface area contributed by atoms with Gasteiger partial charge in [0, 0.05) is 19.2 Å². The van der Waals surface area contributed by atoms with Gasteiger partial charge >= 0.3 is 0 Å². The summed E-state index contributed by atoms with van der Waals surface area (Å²) in [5.74, 6) is 0.687. The van der Waals surface area contributed by atoms with Crippen LogP contribution in [0.3, 0.4) is 0 Å². The number of aromatic nitrogens is 2. The van der Waals surface area contributed by atoms with Crippen molar-refractivity contribution in [1.29, 1.82) is 0 Å². The Bertz CT molecular complexity index is 679. The molecule has 124 valence electrons. The quantitative estimate of drug-likeness (QED) is 0.882. The minimum atomic E-state index is -0.130. The fraction of sp³-hybridized carbons (Fsp3) is 0.412. The molecule has 0 bridgehead atoms. The number of aryl methyl sites for hydroxylation is 2. The van der Waals surface area contributed by atoms with Crippen molar-refractivity contribution in [1.82, 2.24) is 20.0 Å². The highest BCUT2D eigenvalue weighted by molar-refractivity contribution is 5.92. The molecule has 1 aromatic carbocycles. The summed E-state index contributed by atoms with van der Waals surface area (Å²) in [6.07, 6.45) is 0. The van der Waals surface area contributed by atoms with E-state index in [2.05, 4.69) is 15.3 Å². The summed E-state index contributed by atoms with van der Waals surface area (Å²) in [5.41, 5.74) is 2.42. The number of methoxy groups -OCH3 is 1. The summed E-state index contributed by atoms with van der Waals surface area (Å²) in [4.78, 5) is 14.4. The van der Waals surface area contributed by atoms with Crippen molar-refractivity contribution in [2.45, 2.75) is 13.0 Å². The van der Waals surface area contributed by atoms with Crippen LogP contribution in [-0.2, 0) is 7.05 Å². The van der Waals surface area contributed by atoms with E-state index in [0.29, 0.717) is 12.2 Å². The van der Waals surface area contributed by atoms with E-state index in [4.69, 9.17) is 4.74 Å². The molecule has 0 saturated heterocycles. The summed E-state index contributed by atoms with van der Waals surface area (Å²) >= 11 is 0. The van der Waals surface area contributed by atoms with Crippen molar-refractivity contribution in [2.24, 2.45) is 7.05 Å². The predicted octanol–water partition coefficient (Wildman–Crippen LogP) is 1.77. The first-order valence-corrected chi connectivity index (χ1v) is 7.52. The van der Waals surface area contributed by atoms with E-state index in [1.54, 1.807) is 24.9 Å². The van der Waals surface area contributed by atoms with Gasteiger partial charge in [-0.2, -0.15) is 5.10 Å². The van der Waals surface area contributed by atoms with Gasteiger partial charge in [0.15, 0.2) is 0 Å². The van der Waals surface area contributed by atoms with Crippen LogP contribution in [0.15, 0.2) is 30.3 Å². The van der Waals surface area contributed by atoms with Gasteiger partial charge in [-0.25, -0.2) is 0 Å². The summed E-state index contributed by atoms with van der Waals surface area (Å²) < 4.78 is 7.03. The Morgan fingerprint density at radius 2 is 2.09 bits per heavy atom. The highest BCUT2D eigenvalue weighted by Gasteiger charge is 2.20. The molecule has 0 aliphatic carbocycles. The predicted molar refractivity (Wildman–Crippen MR) is 89.7 cm³/mol. The maximum absolute atomic E-state index is 12.4. The molecule has 6 heteroatoms. The number of likely N-dealkylation sites (N-methyl/N-ethyl adjacent to an activating group) is 1. The lowest BCUT2D eigenvalue weighted by Gasteiger charge is -2.26. The molecular weight excluding hydrogens is 292 g/mol. The number of hydrogen-bond donors (Lipinski definition) is 1. The zero-order valence-electron chi connectivity index (χ0n) is 14.3. The third kappa shape index (κ3) is 3.90. The first-order valence-electron chi connectivity index (χ1n) is 7.52. The Hall–Kier alpha value is -2.34. The Morgan fingerprint density at radius 1 is 1.39 bits per heavy atom. The van der Waals surface area contributed by atoms with E-state index < -0.39 is 0 Å². The molecule has 0 aliphatic heterocycles. The van der Waals surface area contributed by atoms with Crippen LogP contribution in [0.4, 0.5) is 0 Å². The Balaban J connectivity index is 2.14. The fourth-order valence-electron chi connectivity index (χ4n) is 2.62. The van der Waals surface area contributed by atoms with Crippen LogP contribution < -0.4 is 10.1 Å². The number of para-hydroxylation sites is 1. The molecule has 0 aliphatic rings. The van der Waals surface area contributed by atoms with Crippen LogP contribution in [0.2, 0.25) is 0 Å². The zero-order valence-corrected chi connectivity index (χ0v) is 14.3. The Labute approximate surface area is 137 Å². The van der Waals surface area contributed by atoms with Crippen molar-refractivity contribution in [2.75, 3.05) is 27.7 Å². The molecule has 2 rings (SSSR count). The summed E-state index contributed by atoms with van der Waals surface area (Å²) in [7, 11) is 7.39. The third-order valence-electron chi connectivity index (χ3n) is 3.81. The van der Waals surface area contributed by atoms with Crippen LogP contribution in [0.1, 0.15) is 27.8 Å². The maximum Gasteiger partial charge on any atom is 0.269 e. The van der Waals surface area contributed by atoms with Crippen LogP contribution in [0, 0.1) is 6.92 Å². The van der Waals surface area contributed by atoms with Crippen molar-refractivity contribution < 1.29 is 9.53 Å². The normalized spacial score (nSPS) is 12.3. The summed E-state index contributed by atoms with van der Waals surface area (Å²) in [6, 6.07) is 9.65. The number of nitrogens with one attached hydrogen (secondary N) is 1. The Morgan fingerprint density at radius 3 is 2.65 bits per heavy atom. The molecule has 1 amide bonds.